The van der Waals surface area contributed by atoms with Gasteiger partial charge in [0, 0.05) is 6.20 Å². The van der Waals surface area contributed by atoms with Crippen molar-refractivity contribution in [3.63, 3.8) is 0 Å². The highest BCUT2D eigenvalue weighted by molar-refractivity contribution is 6.02. The molecular weight excluding hydrogens is 318 g/mol. The van der Waals surface area contributed by atoms with Crippen LogP contribution in [0, 0.1) is 0 Å². The number of amides is 1. The van der Waals surface area contributed by atoms with Gasteiger partial charge in [-0.1, -0.05) is 18.2 Å². The molecular formula is C17H13N7O. The fraction of sp³-hybridized carbons (Fsp3) is 0. The Morgan fingerprint density at radius 3 is 2.60 bits per heavy atom. The normalized spacial score (nSPS) is 10.6. The zero-order valence-corrected chi connectivity index (χ0v) is 13.0. The Morgan fingerprint density at radius 1 is 1.00 bits per heavy atom. The fourth-order valence-corrected chi connectivity index (χ4v) is 2.29. The molecule has 1 amide bonds. The molecule has 8 heteroatoms. The van der Waals surface area contributed by atoms with Gasteiger partial charge < -0.3 is 5.32 Å². The van der Waals surface area contributed by atoms with Crippen molar-refractivity contribution in [2.24, 2.45) is 0 Å². The molecule has 0 spiro atoms. The summed E-state index contributed by atoms with van der Waals surface area (Å²) < 4.78 is 3.19. The van der Waals surface area contributed by atoms with Crippen molar-refractivity contribution < 1.29 is 4.79 Å². The zero-order valence-electron chi connectivity index (χ0n) is 13.0. The van der Waals surface area contributed by atoms with Crippen LogP contribution in [0.15, 0.2) is 73.6 Å². The zero-order chi connectivity index (χ0) is 17.1. The maximum atomic E-state index is 12.3. The summed E-state index contributed by atoms with van der Waals surface area (Å²) in [5.41, 5.74) is 1.78. The summed E-state index contributed by atoms with van der Waals surface area (Å²) in [5.74, 6) is 0.314. The Balaban J connectivity index is 1.48. The van der Waals surface area contributed by atoms with Gasteiger partial charge in [-0.05, 0) is 30.3 Å². The minimum absolute atomic E-state index is 0.301. The summed E-state index contributed by atoms with van der Waals surface area (Å²) in [4.78, 5) is 20.4. The number of aromatic nitrogens is 6. The largest absolute Gasteiger partial charge is 0.319 e. The average molecular weight is 331 g/mol. The van der Waals surface area contributed by atoms with E-state index in [2.05, 4.69) is 25.5 Å². The highest BCUT2D eigenvalue weighted by Crippen LogP contribution is 2.11. The molecule has 1 aromatic carbocycles. The van der Waals surface area contributed by atoms with Crippen molar-refractivity contribution in [2.75, 3.05) is 5.32 Å². The maximum Gasteiger partial charge on any atom is 0.276 e. The van der Waals surface area contributed by atoms with E-state index in [0.29, 0.717) is 17.2 Å². The molecule has 1 N–H and O–H groups in total. The van der Waals surface area contributed by atoms with E-state index in [1.54, 1.807) is 41.6 Å². The number of rotatable bonds is 4. The highest BCUT2D eigenvalue weighted by Gasteiger charge is 2.11. The first-order valence-corrected chi connectivity index (χ1v) is 7.53. The van der Waals surface area contributed by atoms with E-state index < -0.39 is 0 Å². The van der Waals surface area contributed by atoms with E-state index in [9.17, 15) is 4.79 Å². The Morgan fingerprint density at radius 2 is 1.88 bits per heavy atom. The molecule has 4 rings (SSSR count). The van der Waals surface area contributed by atoms with Crippen LogP contribution >= 0.6 is 0 Å². The van der Waals surface area contributed by atoms with Gasteiger partial charge in [-0.3, -0.25) is 4.79 Å². The third-order valence-corrected chi connectivity index (χ3v) is 3.50. The highest BCUT2D eigenvalue weighted by atomic mass is 16.1. The Bertz CT molecular complexity index is 976. The number of carbonyl (C=O) groups excluding carboxylic acids is 1. The first kappa shape index (κ1) is 14.8. The van der Waals surface area contributed by atoms with Crippen LogP contribution in [0.5, 0.6) is 0 Å². The summed E-state index contributed by atoms with van der Waals surface area (Å²) >= 11 is 0. The van der Waals surface area contributed by atoms with Crippen LogP contribution in [0.4, 0.5) is 5.69 Å². The first-order chi connectivity index (χ1) is 12.3. The van der Waals surface area contributed by atoms with Crippen LogP contribution in [-0.4, -0.2) is 35.4 Å². The van der Waals surface area contributed by atoms with Crippen LogP contribution in [0.2, 0.25) is 0 Å². The number of carbonyl (C=O) groups is 1. The second kappa shape index (κ2) is 6.36. The fourth-order valence-electron chi connectivity index (χ4n) is 2.29. The van der Waals surface area contributed by atoms with Gasteiger partial charge in [0.25, 0.3) is 5.91 Å². The molecule has 3 aromatic heterocycles. The van der Waals surface area contributed by atoms with Gasteiger partial charge in [-0.2, -0.15) is 10.2 Å². The summed E-state index contributed by atoms with van der Waals surface area (Å²) in [5, 5.41) is 11.1. The molecule has 25 heavy (non-hydrogen) atoms. The quantitative estimate of drug-likeness (QED) is 0.618. The number of para-hydroxylation sites is 1. The SMILES string of the molecule is O=C(Nc1ccc(-n2cncn2)nc1)c1ccn(-c2ccccc2)n1. The molecule has 0 fully saturated rings. The second-order valence-electron chi connectivity index (χ2n) is 5.18. The molecule has 0 aliphatic rings. The van der Waals surface area contributed by atoms with E-state index in [4.69, 9.17) is 0 Å². The van der Waals surface area contributed by atoms with Crippen molar-refractivity contribution in [3.8, 4) is 11.5 Å². The van der Waals surface area contributed by atoms with Crippen LogP contribution in [0.3, 0.4) is 0 Å². The molecule has 0 aliphatic carbocycles. The number of anilines is 1. The van der Waals surface area contributed by atoms with E-state index in [0.717, 1.165) is 5.69 Å². The third-order valence-electron chi connectivity index (χ3n) is 3.50. The monoisotopic (exact) mass is 331 g/mol. The molecule has 0 aliphatic heterocycles. The molecule has 0 bridgehead atoms. The predicted octanol–water partition coefficient (Wildman–Crippen LogP) is 2.10. The van der Waals surface area contributed by atoms with E-state index in [-0.39, 0.29) is 5.91 Å². The van der Waals surface area contributed by atoms with Crippen LogP contribution < -0.4 is 5.32 Å². The summed E-state index contributed by atoms with van der Waals surface area (Å²) in [6.45, 7) is 0. The molecule has 3 heterocycles. The Hall–Kier alpha value is -3.81. The van der Waals surface area contributed by atoms with Crippen molar-refractivity contribution in [3.05, 3.63) is 79.3 Å². The van der Waals surface area contributed by atoms with Gasteiger partial charge in [-0.15, -0.1) is 0 Å². The van der Waals surface area contributed by atoms with Gasteiger partial charge in [0.1, 0.15) is 12.7 Å². The number of nitrogens with zero attached hydrogens (tertiary/aromatic N) is 6. The molecule has 0 saturated carbocycles. The molecule has 8 nitrogen and oxygen atoms in total. The lowest BCUT2D eigenvalue weighted by molar-refractivity contribution is 0.102. The minimum atomic E-state index is -0.301. The van der Waals surface area contributed by atoms with Gasteiger partial charge in [0.15, 0.2) is 11.5 Å². The second-order valence-corrected chi connectivity index (χ2v) is 5.18. The number of hydrogen-bond acceptors (Lipinski definition) is 5. The lowest BCUT2D eigenvalue weighted by Crippen LogP contribution is -2.13. The van der Waals surface area contributed by atoms with Crippen LogP contribution in [0.25, 0.3) is 11.5 Å². The third kappa shape index (κ3) is 3.13. The predicted molar refractivity (Wildman–Crippen MR) is 90.7 cm³/mol. The maximum absolute atomic E-state index is 12.3. The Labute approximate surface area is 142 Å². The first-order valence-electron chi connectivity index (χ1n) is 7.53. The van der Waals surface area contributed by atoms with Crippen molar-refractivity contribution >= 4 is 11.6 Å². The number of pyridine rings is 1. The number of hydrogen-bond donors (Lipinski definition) is 1. The molecule has 122 valence electrons. The minimum Gasteiger partial charge on any atom is -0.319 e. The van der Waals surface area contributed by atoms with Gasteiger partial charge in [-0.25, -0.2) is 19.3 Å². The van der Waals surface area contributed by atoms with E-state index >= 15 is 0 Å². The average Bonchev–Trinajstić information content (AvgIpc) is 3.35. The van der Waals surface area contributed by atoms with Gasteiger partial charge >= 0.3 is 0 Å². The topological polar surface area (TPSA) is 90.5 Å². The lowest BCUT2D eigenvalue weighted by atomic mass is 10.3. The molecule has 4 aromatic rings. The molecule has 0 atom stereocenters. The van der Waals surface area contributed by atoms with Gasteiger partial charge in [0.05, 0.1) is 17.6 Å². The molecule has 0 saturated heterocycles. The number of benzene rings is 1. The van der Waals surface area contributed by atoms with E-state index in [1.807, 2.05) is 30.3 Å². The Kier molecular flexibility index (Phi) is 3.76. The van der Waals surface area contributed by atoms with Crippen molar-refractivity contribution in [1.82, 2.24) is 29.5 Å². The standard InChI is InChI=1S/C17H13N7O/c25-17(15-8-9-23(22-15)14-4-2-1-3-5-14)21-13-6-7-16(19-10-13)24-12-18-11-20-24/h1-12H,(H,21,25). The van der Waals surface area contributed by atoms with Gasteiger partial charge in [0.2, 0.25) is 0 Å². The molecule has 0 unspecified atom stereocenters. The van der Waals surface area contributed by atoms with E-state index in [1.165, 1.54) is 11.0 Å². The summed E-state index contributed by atoms with van der Waals surface area (Å²) in [7, 11) is 0. The van der Waals surface area contributed by atoms with Crippen LogP contribution in [-0.2, 0) is 0 Å². The lowest BCUT2D eigenvalue weighted by Gasteiger charge is -2.04. The van der Waals surface area contributed by atoms with Crippen molar-refractivity contribution in [2.45, 2.75) is 0 Å². The summed E-state index contributed by atoms with van der Waals surface area (Å²) in [6.07, 6.45) is 6.29. The smallest absolute Gasteiger partial charge is 0.276 e. The van der Waals surface area contributed by atoms with Crippen LogP contribution in [0.1, 0.15) is 10.5 Å². The molecule has 0 radical (unpaired) electrons. The number of nitrogens with one attached hydrogen (secondary N) is 1. The van der Waals surface area contributed by atoms with Crippen molar-refractivity contribution in [1.29, 1.82) is 0 Å². The summed E-state index contributed by atoms with van der Waals surface area (Å²) in [6, 6.07) is 14.8.